The van der Waals surface area contributed by atoms with Crippen molar-refractivity contribution in [2.75, 3.05) is 18.8 Å². The molecule has 6 heteroatoms. The van der Waals surface area contributed by atoms with Gasteiger partial charge in [-0.25, -0.2) is 0 Å². The smallest absolute Gasteiger partial charge is 0.266 e. The molecule has 0 saturated carbocycles. The molecular formula is C15H15BrN2O2S. The standard InChI is InChI=1S/C15H15BrN2O2S/c16-8-1-4-11-12(5-8)21-14(13(11)17)15(19)18-6-9-2-3-10(7-18)20-9/h1,4-5,9-10H,2-3,6-7,17H2. The Hall–Kier alpha value is -1.11. The highest BCUT2D eigenvalue weighted by atomic mass is 79.9. The van der Waals surface area contributed by atoms with Crippen LogP contribution in [-0.4, -0.2) is 36.1 Å². The van der Waals surface area contributed by atoms with Crippen molar-refractivity contribution in [2.24, 2.45) is 0 Å². The van der Waals surface area contributed by atoms with Gasteiger partial charge in [0.1, 0.15) is 4.88 Å². The molecule has 2 N–H and O–H groups in total. The lowest BCUT2D eigenvalue weighted by molar-refractivity contribution is -0.0301. The number of benzene rings is 1. The molecule has 21 heavy (non-hydrogen) atoms. The Morgan fingerprint density at radius 3 is 2.76 bits per heavy atom. The number of ether oxygens (including phenoxy) is 1. The third-order valence-corrected chi connectivity index (χ3v) is 5.87. The van der Waals surface area contributed by atoms with Gasteiger partial charge in [0, 0.05) is 27.6 Å². The molecule has 2 atom stereocenters. The summed E-state index contributed by atoms with van der Waals surface area (Å²) in [6.45, 7) is 1.37. The fourth-order valence-electron chi connectivity index (χ4n) is 3.17. The predicted octanol–water partition coefficient (Wildman–Crippen LogP) is 3.25. The number of carbonyl (C=O) groups is 1. The molecular weight excluding hydrogens is 352 g/mol. The second-order valence-electron chi connectivity index (χ2n) is 5.65. The van der Waals surface area contributed by atoms with Crippen molar-refractivity contribution in [3.8, 4) is 0 Å². The summed E-state index contributed by atoms with van der Waals surface area (Å²) in [5.41, 5.74) is 6.80. The summed E-state index contributed by atoms with van der Waals surface area (Å²) in [6.07, 6.45) is 2.53. The number of nitrogens with two attached hydrogens (primary N) is 1. The largest absolute Gasteiger partial charge is 0.397 e. The Morgan fingerprint density at radius 1 is 1.33 bits per heavy atom. The van der Waals surface area contributed by atoms with E-state index in [4.69, 9.17) is 10.5 Å². The quantitative estimate of drug-likeness (QED) is 0.842. The van der Waals surface area contributed by atoms with Crippen molar-refractivity contribution in [2.45, 2.75) is 25.0 Å². The SMILES string of the molecule is Nc1c(C(=O)N2CC3CCC(C2)O3)sc2cc(Br)ccc12. The molecule has 3 heterocycles. The zero-order chi connectivity index (χ0) is 14.6. The number of fused-ring (bicyclic) bond motifs is 3. The Balaban J connectivity index is 1.69. The number of carbonyl (C=O) groups excluding carboxylic acids is 1. The van der Waals surface area contributed by atoms with Gasteiger partial charge in [0.25, 0.3) is 5.91 Å². The summed E-state index contributed by atoms with van der Waals surface area (Å²) in [5, 5.41) is 0.961. The van der Waals surface area contributed by atoms with Crippen molar-refractivity contribution in [3.63, 3.8) is 0 Å². The molecule has 2 aliphatic rings. The maximum atomic E-state index is 12.8. The topological polar surface area (TPSA) is 55.6 Å². The number of halogens is 1. The molecule has 110 valence electrons. The van der Waals surface area contributed by atoms with E-state index in [0.29, 0.717) is 23.7 Å². The lowest BCUT2D eigenvalue weighted by Crippen LogP contribution is -2.45. The first-order valence-corrected chi connectivity index (χ1v) is 8.65. The molecule has 1 aromatic carbocycles. The van der Waals surface area contributed by atoms with Crippen LogP contribution in [0.4, 0.5) is 5.69 Å². The number of anilines is 1. The van der Waals surface area contributed by atoms with E-state index in [1.54, 1.807) is 0 Å². The Bertz CT molecular complexity index is 718. The number of hydrogen-bond acceptors (Lipinski definition) is 4. The van der Waals surface area contributed by atoms with Gasteiger partial charge in [-0.3, -0.25) is 4.79 Å². The highest BCUT2D eigenvalue weighted by molar-refractivity contribution is 9.10. The molecule has 1 aromatic heterocycles. The van der Waals surface area contributed by atoms with Crippen LogP contribution >= 0.6 is 27.3 Å². The van der Waals surface area contributed by atoms with E-state index in [-0.39, 0.29) is 18.1 Å². The number of thiophene rings is 1. The minimum atomic E-state index is 0.0463. The summed E-state index contributed by atoms with van der Waals surface area (Å²) < 4.78 is 7.83. The molecule has 2 aromatic rings. The summed E-state index contributed by atoms with van der Waals surface area (Å²) in [4.78, 5) is 15.3. The molecule has 2 saturated heterocycles. The van der Waals surface area contributed by atoms with Gasteiger partial charge in [-0.15, -0.1) is 11.3 Å². The lowest BCUT2D eigenvalue weighted by atomic mass is 10.2. The van der Waals surface area contributed by atoms with Crippen molar-refractivity contribution < 1.29 is 9.53 Å². The molecule has 2 unspecified atom stereocenters. The first-order chi connectivity index (χ1) is 10.1. The van der Waals surface area contributed by atoms with Crippen LogP contribution in [0.15, 0.2) is 22.7 Å². The second-order valence-corrected chi connectivity index (χ2v) is 7.62. The van der Waals surface area contributed by atoms with Crippen LogP contribution in [0.2, 0.25) is 0 Å². The van der Waals surface area contributed by atoms with Gasteiger partial charge >= 0.3 is 0 Å². The molecule has 4 nitrogen and oxygen atoms in total. The molecule has 1 amide bonds. The summed E-state index contributed by atoms with van der Waals surface area (Å²) in [6, 6.07) is 5.93. The van der Waals surface area contributed by atoms with E-state index >= 15 is 0 Å². The monoisotopic (exact) mass is 366 g/mol. The van der Waals surface area contributed by atoms with E-state index in [1.165, 1.54) is 11.3 Å². The van der Waals surface area contributed by atoms with Crippen LogP contribution in [0.5, 0.6) is 0 Å². The fraction of sp³-hybridized carbons (Fsp3) is 0.400. The van der Waals surface area contributed by atoms with Crippen molar-refractivity contribution in [3.05, 3.63) is 27.5 Å². The number of morpholine rings is 1. The third-order valence-electron chi connectivity index (χ3n) is 4.22. The average Bonchev–Trinajstić information content (AvgIpc) is 2.98. The summed E-state index contributed by atoms with van der Waals surface area (Å²) in [7, 11) is 0. The maximum Gasteiger partial charge on any atom is 0.266 e. The molecule has 0 aliphatic carbocycles. The number of rotatable bonds is 1. The van der Waals surface area contributed by atoms with Crippen molar-refractivity contribution >= 4 is 48.9 Å². The molecule has 0 radical (unpaired) electrons. The molecule has 2 aliphatic heterocycles. The van der Waals surface area contributed by atoms with Gasteiger partial charge in [-0.1, -0.05) is 22.0 Å². The highest BCUT2D eigenvalue weighted by Crippen LogP contribution is 2.37. The van der Waals surface area contributed by atoms with E-state index in [1.807, 2.05) is 23.1 Å². The lowest BCUT2D eigenvalue weighted by Gasteiger charge is -2.31. The highest BCUT2D eigenvalue weighted by Gasteiger charge is 2.36. The number of nitrogen functional groups attached to an aromatic ring is 1. The van der Waals surface area contributed by atoms with Crippen LogP contribution < -0.4 is 5.73 Å². The maximum absolute atomic E-state index is 12.8. The van der Waals surface area contributed by atoms with Gasteiger partial charge in [-0.2, -0.15) is 0 Å². The fourth-order valence-corrected chi connectivity index (χ4v) is 4.82. The van der Waals surface area contributed by atoms with Crippen LogP contribution in [0, 0.1) is 0 Å². The molecule has 2 fully saturated rings. The normalized spacial score (nSPS) is 24.7. The Morgan fingerprint density at radius 2 is 2.05 bits per heavy atom. The second kappa shape index (κ2) is 4.97. The van der Waals surface area contributed by atoms with Gasteiger partial charge in [0.2, 0.25) is 0 Å². The van der Waals surface area contributed by atoms with Crippen LogP contribution in [0.3, 0.4) is 0 Å². The third kappa shape index (κ3) is 2.25. The number of nitrogens with zero attached hydrogens (tertiary/aromatic N) is 1. The van der Waals surface area contributed by atoms with E-state index in [9.17, 15) is 4.79 Å². The minimum absolute atomic E-state index is 0.0463. The van der Waals surface area contributed by atoms with Gasteiger partial charge in [-0.05, 0) is 25.0 Å². The Labute approximate surface area is 135 Å². The van der Waals surface area contributed by atoms with Gasteiger partial charge < -0.3 is 15.4 Å². The average molecular weight is 367 g/mol. The van der Waals surface area contributed by atoms with Crippen LogP contribution in [-0.2, 0) is 4.74 Å². The van der Waals surface area contributed by atoms with E-state index < -0.39 is 0 Å². The van der Waals surface area contributed by atoms with Gasteiger partial charge in [0.05, 0.1) is 17.9 Å². The molecule has 2 bridgehead atoms. The first-order valence-electron chi connectivity index (χ1n) is 7.04. The number of likely N-dealkylation sites (tertiary alicyclic amines) is 1. The first kappa shape index (κ1) is 13.5. The zero-order valence-corrected chi connectivity index (χ0v) is 13.7. The van der Waals surface area contributed by atoms with E-state index in [0.717, 1.165) is 27.4 Å². The van der Waals surface area contributed by atoms with Crippen LogP contribution in [0.1, 0.15) is 22.5 Å². The van der Waals surface area contributed by atoms with Gasteiger partial charge in [0.15, 0.2) is 0 Å². The minimum Gasteiger partial charge on any atom is -0.397 e. The Kier molecular flexibility index (Phi) is 3.20. The van der Waals surface area contributed by atoms with Crippen LogP contribution in [0.25, 0.3) is 10.1 Å². The van der Waals surface area contributed by atoms with Crippen molar-refractivity contribution in [1.29, 1.82) is 0 Å². The zero-order valence-electron chi connectivity index (χ0n) is 11.3. The van der Waals surface area contributed by atoms with Crippen molar-refractivity contribution in [1.82, 2.24) is 4.90 Å². The number of hydrogen-bond donors (Lipinski definition) is 1. The number of amides is 1. The van der Waals surface area contributed by atoms with E-state index in [2.05, 4.69) is 15.9 Å². The summed E-state index contributed by atoms with van der Waals surface area (Å²) >= 11 is 4.93. The predicted molar refractivity (Wildman–Crippen MR) is 87.7 cm³/mol. The molecule has 0 spiro atoms. The summed E-state index contributed by atoms with van der Waals surface area (Å²) in [5.74, 6) is 0.0463. The molecule has 4 rings (SSSR count).